The molecule has 1 nitrogen and oxygen atoms in total. The van der Waals surface area contributed by atoms with E-state index in [0.29, 0.717) is 11.7 Å². The van der Waals surface area contributed by atoms with Gasteiger partial charge in [0.1, 0.15) is 5.75 Å². The smallest absolute Gasteiger partial charge is 0.123 e. The third-order valence-electron chi connectivity index (χ3n) is 6.02. The van der Waals surface area contributed by atoms with Gasteiger partial charge in [0.2, 0.25) is 0 Å². The van der Waals surface area contributed by atoms with Crippen molar-refractivity contribution in [2.45, 2.75) is 104 Å². The summed E-state index contributed by atoms with van der Waals surface area (Å²) in [6.07, 6.45) is 13.8. The van der Waals surface area contributed by atoms with Gasteiger partial charge >= 0.3 is 0 Å². The van der Waals surface area contributed by atoms with E-state index < -0.39 is 0 Å². The first-order valence-corrected chi connectivity index (χ1v) is 12.0. The molecule has 0 bridgehead atoms. The molecule has 0 saturated heterocycles. The van der Waals surface area contributed by atoms with Gasteiger partial charge in [-0.05, 0) is 59.9 Å². The zero-order valence-electron chi connectivity index (χ0n) is 19.3. The van der Waals surface area contributed by atoms with Crippen LogP contribution in [0, 0.1) is 0 Å². The van der Waals surface area contributed by atoms with E-state index in [9.17, 15) is 5.11 Å². The Morgan fingerprint density at radius 2 is 1.34 bits per heavy atom. The lowest BCUT2D eigenvalue weighted by Gasteiger charge is -2.23. The molecule has 0 spiro atoms. The standard InChI is InChI=1S/C28H42O/c1-5-7-9-11-16-20-25-24(19-13-10-8-6-2)21-26(29)28(27(25)22(3)4)23-17-14-12-15-18-23/h12,14-15,17-18,21-22,29H,5-11,13,16,19-20H2,1-4H3. The van der Waals surface area contributed by atoms with Gasteiger partial charge in [-0.1, -0.05) is 103 Å². The quantitative estimate of drug-likeness (QED) is 0.336. The van der Waals surface area contributed by atoms with Crippen LogP contribution in [-0.4, -0.2) is 5.11 Å². The van der Waals surface area contributed by atoms with E-state index in [0.717, 1.165) is 24.0 Å². The number of hydrogen-bond acceptors (Lipinski definition) is 1. The molecule has 0 heterocycles. The molecular weight excluding hydrogens is 352 g/mol. The number of aryl methyl sites for hydroxylation is 1. The summed E-state index contributed by atoms with van der Waals surface area (Å²) in [5, 5.41) is 11.0. The molecule has 0 aliphatic carbocycles. The summed E-state index contributed by atoms with van der Waals surface area (Å²) in [4.78, 5) is 0. The Bertz CT molecular complexity index is 715. The predicted octanol–water partition coefficient (Wildman–Crippen LogP) is 8.82. The van der Waals surface area contributed by atoms with Gasteiger partial charge in [0, 0.05) is 5.56 Å². The second-order valence-corrected chi connectivity index (χ2v) is 8.82. The highest BCUT2D eigenvalue weighted by Gasteiger charge is 2.21. The van der Waals surface area contributed by atoms with Crippen LogP contribution in [0.5, 0.6) is 5.75 Å². The van der Waals surface area contributed by atoms with Gasteiger partial charge in [0.05, 0.1) is 0 Å². The molecule has 0 aliphatic rings. The minimum Gasteiger partial charge on any atom is -0.507 e. The molecule has 2 aromatic rings. The van der Waals surface area contributed by atoms with E-state index in [1.54, 1.807) is 0 Å². The van der Waals surface area contributed by atoms with Crippen molar-refractivity contribution in [2.75, 3.05) is 0 Å². The summed E-state index contributed by atoms with van der Waals surface area (Å²) >= 11 is 0. The van der Waals surface area contributed by atoms with Crippen molar-refractivity contribution in [2.24, 2.45) is 0 Å². The third-order valence-corrected chi connectivity index (χ3v) is 6.02. The van der Waals surface area contributed by atoms with Gasteiger partial charge < -0.3 is 5.11 Å². The molecule has 1 N–H and O–H groups in total. The molecule has 0 unspecified atom stereocenters. The topological polar surface area (TPSA) is 20.2 Å². The first-order valence-electron chi connectivity index (χ1n) is 12.0. The Morgan fingerprint density at radius 3 is 1.97 bits per heavy atom. The Labute approximate surface area is 179 Å². The fourth-order valence-corrected chi connectivity index (χ4v) is 4.50. The average molecular weight is 395 g/mol. The van der Waals surface area contributed by atoms with Crippen LogP contribution in [-0.2, 0) is 12.8 Å². The minimum atomic E-state index is 0.400. The van der Waals surface area contributed by atoms with Gasteiger partial charge in [0.25, 0.3) is 0 Å². The monoisotopic (exact) mass is 394 g/mol. The van der Waals surface area contributed by atoms with Gasteiger partial charge in [-0.3, -0.25) is 0 Å². The van der Waals surface area contributed by atoms with Gasteiger partial charge in [-0.15, -0.1) is 0 Å². The molecule has 29 heavy (non-hydrogen) atoms. The van der Waals surface area contributed by atoms with Gasteiger partial charge in [-0.25, -0.2) is 0 Å². The predicted molar refractivity (Wildman–Crippen MR) is 128 cm³/mol. The van der Waals surface area contributed by atoms with Crippen LogP contribution in [0.15, 0.2) is 36.4 Å². The second-order valence-electron chi connectivity index (χ2n) is 8.82. The SMILES string of the molecule is CCCCCCCc1c(CCCCCC)cc(O)c(-c2ccccc2)c1C(C)C. The summed E-state index contributed by atoms with van der Waals surface area (Å²) < 4.78 is 0. The molecule has 0 saturated carbocycles. The number of rotatable bonds is 13. The van der Waals surface area contributed by atoms with Crippen LogP contribution in [0.2, 0.25) is 0 Å². The van der Waals surface area contributed by atoms with Crippen LogP contribution in [0.25, 0.3) is 11.1 Å². The first kappa shape index (κ1) is 23.5. The minimum absolute atomic E-state index is 0.400. The van der Waals surface area contributed by atoms with E-state index in [-0.39, 0.29) is 0 Å². The Kier molecular flexibility index (Phi) is 10.3. The third kappa shape index (κ3) is 6.91. The number of aromatic hydroxyl groups is 1. The zero-order valence-corrected chi connectivity index (χ0v) is 19.3. The summed E-state index contributed by atoms with van der Waals surface area (Å²) in [5.41, 5.74) is 6.47. The summed E-state index contributed by atoms with van der Waals surface area (Å²) in [6.45, 7) is 9.10. The van der Waals surface area contributed by atoms with E-state index >= 15 is 0 Å². The molecule has 0 radical (unpaired) electrons. The molecule has 0 aliphatic heterocycles. The van der Waals surface area contributed by atoms with Crippen LogP contribution >= 0.6 is 0 Å². The summed E-state index contributed by atoms with van der Waals surface area (Å²) in [7, 11) is 0. The van der Waals surface area contributed by atoms with E-state index in [1.807, 2.05) is 6.07 Å². The maximum Gasteiger partial charge on any atom is 0.123 e. The lowest BCUT2D eigenvalue weighted by atomic mass is 9.82. The van der Waals surface area contributed by atoms with Crippen molar-refractivity contribution in [1.82, 2.24) is 0 Å². The highest BCUT2D eigenvalue weighted by Crippen LogP contribution is 2.41. The molecule has 160 valence electrons. The molecule has 2 rings (SSSR count). The number of hydrogen-bond donors (Lipinski definition) is 1. The number of unbranched alkanes of at least 4 members (excludes halogenated alkanes) is 7. The summed E-state index contributed by atoms with van der Waals surface area (Å²) in [6, 6.07) is 12.5. The Balaban J connectivity index is 2.41. The number of benzene rings is 2. The van der Waals surface area contributed by atoms with Crippen LogP contribution in [0.3, 0.4) is 0 Å². The van der Waals surface area contributed by atoms with Crippen molar-refractivity contribution in [3.05, 3.63) is 53.1 Å². The van der Waals surface area contributed by atoms with Gasteiger partial charge in [0.15, 0.2) is 0 Å². The van der Waals surface area contributed by atoms with Crippen LogP contribution < -0.4 is 0 Å². The van der Waals surface area contributed by atoms with Crippen molar-refractivity contribution < 1.29 is 5.11 Å². The highest BCUT2D eigenvalue weighted by molar-refractivity contribution is 5.76. The zero-order chi connectivity index (χ0) is 21.1. The van der Waals surface area contributed by atoms with Crippen molar-refractivity contribution in [3.8, 4) is 16.9 Å². The Morgan fingerprint density at radius 1 is 0.759 bits per heavy atom. The fraction of sp³-hybridized carbons (Fsp3) is 0.571. The van der Waals surface area contributed by atoms with Gasteiger partial charge in [-0.2, -0.15) is 0 Å². The van der Waals surface area contributed by atoms with E-state index in [4.69, 9.17) is 0 Å². The molecule has 2 aromatic carbocycles. The Hall–Kier alpha value is -1.76. The van der Waals surface area contributed by atoms with Crippen LogP contribution in [0.4, 0.5) is 0 Å². The van der Waals surface area contributed by atoms with Crippen LogP contribution in [0.1, 0.15) is 108 Å². The number of phenols is 1. The normalized spacial score (nSPS) is 11.3. The lowest BCUT2D eigenvalue weighted by molar-refractivity contribution is 0.474. The molecule has 0 aromatic heterocycles. The highest BCUT2D eigenvalue weighted by atomic mass is 16.3. The van der Waals surface area contributed by atoms with Crippen molar-refractivity contribution in [1.29, 1.82) is 0 Å². The molecule has 0 fully saturated rings. The second kappa shape index (κ2) is 12.7. The van der Waals surface area contributed by atoms with E-state index in [1.165, 1.54) is 74.5 Å². The van der Waals surface area contributed by atoms with Crippen molar-refractivity contribution >= 4 is 0 Å². The maximum absolute atomic E-state index is 11.0. The average Bonchev–Trinajstić information content (AvgIpc) is 2.72. The summed E-state index contributed by atoms with van der Waals surface area (Å²) in [5.74, 6) is 0.859. The van der Waals surface area contributed by atoms with E-state index in [2.05, 4.69) is 58.0 Å². The number of phenolic OH excluding ortho intramolecular Hbond substituents is 1. The fourth-order valence-electron chi connectivity index (χ4n) is 4.50. The maximum atomic E-state index is 11.0. The molecule has 0 amide bonds. The first-order chi connectivity index (χ1) is 14.1. The molecule has 0 atom stereocenters. The molecule has 1 heteroatoms. The molecular formula is C28H42O. The largest absolute Gasteiger partial charge is 0.507 e. The van der Waals surface area contributed by atoms with Crippen molar-refractivity contribution in [3.63, 3.8) is 0 Å². The lowest BCUT2D eigenvalue weighted by Crippen LogP contribution is -2.06.